The molecule has 20 heavy (non-hydrogen) atoms. The zero-order chi connectivity index (χ0) is 14.9. The van der Waals surface area contributed by atoms with Crippen LogP contribution in [0.25, 0.3) is 0 Å². The lowest BCUT2D eigenvalue weighted by atomic mass is 9.89. The predicted octanol–water partition coefficient (Wildman–Crippen LogP) is 1.11. The average Bonchev–Trinajstić information content (AvgIpc) is 2.82. The van der Waals surface area contributed by atoms with Gasteiger partial charge in [-0.05, 0) is 25.5 Å². The van der Waals surface area contributed by atoms with Gasteiger partial charge in [0.1, 0.15) is 0 Å². The molecule has 2 rings (SSSR count). The molecule has 0 radical (unpaired) electrons. The summed E-state index contributed by atoms with van der Waals surface area (Å²) in [6, 6.07) is 4.36. The van der Waals surface area contributed by atoms with Crippen molar-refractivity contribution in [3.63, 3.8) is 0 Å². The van der Waals surface area contributed by atoms with E-state index >= 15 is 0 Å². The average molecular weight is 277 g/mol. The van der Waals surface area contributed by atoms with Crippen LogP contribution < -0.4 is 10.6 Å². The van der Waals surface area contributed by atoms with E-state index in [1.165, 1.54) is 12.1 Å². The summed E-state index contributed by atoms with van der Waals surface area (Å²) in [5.74, 6) is -0.363. The maximum absolute atomic E-state index is 11.4. The number of primary amides is 1. The highest BCUT2D eigenvalue weighted by Crippen LogP contribution is 2.34. The van der Waals surface area contributed by atoms with Gasteiger partial charge in [-0.3, -0.25) is 19.7 Å². The van der Waals surface area contributed by atoms with Gasteiger partial charge >= 0.3 is 0 Å². The number of nitro benzene ring substituents is 1. The molecule has 2 N–H and O–H groups in total. The number of aldehydes is 1. The van der Waals surface area contributed by atoms with E-state index in [9.17, 15) is 19.7 Å². The number of hydrogen-bond donors (Lipinski definition) is 1. The Morgan fingerprint density at radius 2 is 2.25 bits per heavy atom. The van der Waals surface area contributed by atoms with Crippen LogP contribution in [0.15, 0.2) is 18.2 Å². The third-order valence-electron chi connectivity index (χ3n) is 3.77. The highest BCUT2D eigenvalue weighted by Gasteiger charge is 2.39. The van der Waals surface area contributed by atoms with Gasteiger partial charge in [0.2, 0.25) is 5.91 Å². The molecule has 1 aromatic carbocycles. The Labute approximate surface area is 115 Å². The molecule has 7 heteroatoms. The minimum Gasteiger partial charge on any atom is -0.370 e. The van der Waals surface area contributed by atoms with E-state index in [-0.39, 0.29) is 17.2 Å². The lowest BCUT2D eigenvalue weighted by Crippen LogP contribution is -2.37. The maximum atomic E-state index is 11.4. The first kappa shape index (κ1) is 14.0. The summed E-state index contributed by atoms with van der Waals surface area (Å²) in [6.45, 7) is 2.86. The quantitative estimate of drug-likeness (QED) is 0.504. The van der Waals surface area contributed by atoms with Gasteiger partial charge in [-0.25, -0.2) is 0 Å². The monoisotopic (exact) mass is 277 g/mol. The molecule has 0 spiro atoms. The highest BCUT2D eigenvalue weighted by molar-refractivity contribution is 5.85. The van der Waals surface area contributed by atoms with Crippen LogP contribution in [0, 0.1) is 15.5 Å². The van der Waals surface area contributed by atoms with Gasteiger partial charge in [0.15, 0.2) is 6.29 Å². The second kappa shape index (κ2) is 4.92. The van der Waals surface area contributed by atoms with Gasteiger partial charge in [-0.1, -0.05) is 0 Å². The predicted molar refractivity (Wildman–Crippen MR) is 72.6 cm³/mol. The van der Waals surface area contributed by atoms with Crippen molar-refractivity contribution in [2.75, 3.05) is 18.0 Å². The minimum atomic E-state index is -0.608. The first-order valence-corrected chi connectivity index (χ1v) is 6.16. The fourth-order valence-electron chi connectivity index (χ4n) is 2.38. The molecule has 1 aliphatic heterocycles. The SMILES string of the molecule is CC1(C(N)=O)CCN(c2ccc([N+](=O)[O-])c(C=O)c2)C1. The van der Waals surface area contributed by atoms with E-state index in [0.717, 1.165) is 0 Å². The normalized spacial score (nSPS) is 21.8. The third kappa shape index (κ3) is 2.34. The van der Waals surface area contributed by atoms with Crippen molar-refractivity contribution in [2.45, 2.75) is 13.3 Å². The molecule has 1 heterocycles. The standard InChI is InChI=1S/C13H15N3O4/c1-13(12(14)18)4-5-15(8-13)10-2-3-11(16(19)20)9(6-10)7-17/h2-3,6-7H,4-5,8H2,1H3,(H2,14,18). The molecule has 1 unspecified atom stereocenters. The van der Waals surface area contributed by atoms with Crippen LogP contribution in [0.4, 0.5) is 11.4 Å². The summed E-state index contributed by atoms with van der Waals surface area (Å²) >= 11 is 0. The molecule has 1 atom stereocenters. The van der Waals surface area contributed by atoms with Crippen LogP contribution in [0.2, 0.25) is 0 Å². The van der Waals surface area contributed by atoms with Gasteiger partial charge in [-0.2, -0.15) is 0 Å². The summed E-state index contributed by atoms with van der Waals surface area (Å²) in [7, 11) is 0. The minimum absolute atomic E-state index is 0.0279. The molecule has 1 saturated heterocycles. The van der Waals surface area contributed by atoms with Crippen molar-refractivity contribution in [3.8, 4) is 0 Å². The molecule has 1 fully saturated rings. The number of rotatable bonds is 4. The molecule has 1 amide bonds. The van der Waals surface area contributed by atoms with E-state index in [4.69, 9.17) is 5.73 Å². The van der Waals surface area contributed by atoms with E-state index < -0.39 is 10.3 Å². The number of hydrogen-bond acceptors (Lipinski definition) is 5. The van der Waals surface area contributed by atoms with E-state index in [1.54, 1.807) is 13.0 Å². The Balaban J connectivity index is 2.29. The van der Waals surface area contributed by atoms with Crippen molar-refractivity contribution in [3.05, 3.63) is 33.9 Å². The van der Waals surface area contributed by atoms with Crippen LogP contribution in [-0.2, 0) is 4.79 Å². The zero-order valence-electron chi connectivity index (χ0n) is 11.0. The number of carbonyl (C=O) groups is 2. The third-order valence-corrected chi connectivity index (χ3v) is 3.77. The van der Waals surface area contributed by atoms with Crippen LogP contribution >= 0.6 is 0 Å². The van der Waals surface area contributed by atoms with Gasteiger partial charge in [0, 0.05) is 24.8 Å². The molecule has 0 saturated carbocycles. The number of benzene rings is 1. The molecule has 0 bridgehead atoms. The smallest absolute Gasteiger partial charge is 0.280 e. The Bertz CT molecular complexity index is 587. The molecule has 0 aromatic heterocycles. The lowest BCUT2D eigenvalue weighted by molar-refractivity contribution is -0.385. The van der Waals surface area contributed by atoms with Gasteiger partial charge in [-0.15, -0.1) is 0 Å². The van der Waals surface area contributed by atoms with E-state index in [0.29, 0.717) is 31.5 Å². The summed E-state index contributed by atoms with van der Waals surface area (Å²) in [4.78, 5) is 34.4. The Morgan fingerprint density at radius 3 is 2.75 bits per heavy atom. The molecular formula is C13H15N3O4. The fraction of sp³-hybridized carbons (Fsp3) is 0.385. The highest BCUT2D eigenvalue weighted by atomic mass is 16.6. The van der Waals surface area contributed by atoms with E-state index in [2.05, 4.69) is 0 Å². The van der Waals surface area contributed by atoms with Gasteiger partial charge in [0.05, 0.1) is 15.9 Å². The molecule has 106 valence electrons. The Morgan fingerprint density at radius 1 is 1.55 bits per heavy atom. The molecule has 7 nitrogen and oxygen atoms in total. The molecule has 1 aromatic rings. The topological polar surface area (TPSA) is 107 Å². The molecule has 1 aliphatic rings. The molecule has 0 aliphatic carbocycles. The van der Waals surface area contributed by atoms with Crippen molar-refractivity contribution < 1.29 is 14.5 Å². The summed E-state index contributed by atoms with van der Waals surface area (Å²) in [5.41, 5.74) is 5.26. The first-order chi connectivity index (χ1) is 9.37. The number of anilines is 1. The number of amides is 1. The Hall–Kier alpha value is -2.44. The molecular weight excluding hydrogens is 262 g/mol. The summed E-state index contributed by atoms with van der Waals surface area (Å²) in [5, 5.41) is 10.8. The largest absolute Gasteiger partial charge is 0.370 e. The zero-order valence-corrected chi connectivity index (χ0v) is 11.0. The van der Waals surface area contributed by atoms with Crippen LogP contribution in [0.5, 0.6) is 0 Å². The van der Waals surface area contributed by atoms with Crippen molar-refractivity contribution in [1.29, 1.82) is 0 Å². The Kier molecular flexibility index (Phi) is 3.44. The number of nitrogens with two attached hydrogens (primary N) is 1. The summed E-state index contributed by atoms with van der Waals surface area (Å²) < 4.78 is 0. The van der Waals surface area contributed by atoms with Crippen LogP contribution in [0.1, 0.15) is 23.7 Å². The number of nitrogens with zero attached hydrogens (tertiary/aromatic N) is 2. The van der Waals surface area contributed by atoms with Crippen molar-refractivity contribution >= 4 is 23.6 Å². The van der Waals surface area contributed by atoms with Gasteiger partial charge in [0.25, 0.3) is 5.69 Å². The lowest BCUT2D eigenvalue weighted by Gasteiger charge is -2.22. The van der Waals surface area contributed by atoms with Gasteiger partial charge < -0.3 is 10.6 Å². The van der Waals surface area contributed by atoms with Crippen LogP contribution in [0.3, 0.4) is 0 Å². The number of carbonyl (C=O) groups excluding carboxylic acids is 2. The van der Waals surface area contributed by atoms with Crippen molar-refractivity contribution in [2.24, 2.45) is 11.1 Å². The fourth-order valence-corrected chi connectivity index (χ4v) is 2.38. The van der Waals surface area contributed by atoms with Crippen molar-refractivity contribution in [1.82, 2.24) is 0 Å². The number of nitro groups is 1. The van der Waals surface area contributed by atoms with Crippen LogP contribution in [-0.4, -0.2) is 30.2 Å². The first-order valence-electron chi connectivity index (χ1n) is 6.16. The second-order valence-corrected chi connectivity index (χ2v) is 5.21. The van der Waals surface area contributed by atoms with E-state index in [1.807, 2.05) is 4.90 Å². The maximum Gasteiger partial charge on any atom is 0.280 e. The summed E-state index contributed by atoms with van der Waals surface area (Å²) in [6.07, 6.45) is 1.08. The second-order valence-electron chi connectivity index (χ2n) is 5.21.